The molecule has 0 bridgehead atoms. The van der Waals surface area contributed by atoms with Crippen LogP contribution in [0.25, 0.3) is 0 Å². The lowest BCUT2D eigenvalue weighted by atomic mass is 9.98. The first-order valence-electron chi connectivity index (χ1n) is 7.98. The molecule has 20 heavy (non-hydrogen) atoms. The smallest absolute Gasteiger partial charge is 0.240 e. The van der Waals surface area contributed by atoms with Crippen molar-refractivity contribution in [1.82, 2.24) is 15.1 Å². The molecule has 1 aliphatic heterocycles. The highest BCUT2D eigenvalue weighted by molar-refractivity contribution is 5.86. The number of amides is 1. The van der Waals surface area contributed by atoms with Crippen LogP contribution in [0.1, 0.15) is 32.6 Å². The van der Waals surface area contributed by atoms with E-state index in [0.29, 0.717) is 5.92 Å². The number of carbonyl (C=O) groups excluding carboxylic acids is 1. The van der Waals surface area contributed by atoms with Gasteiger partial charge in [0.05, 0.1) is 5.54 Å². The molecule has 2 aliphatic rings. The van der Waals surface area contributed by atoms with Crippen LogP contribution in [0.3, 0.4) is 0 Å². The van der Waals surface area contributed by atoms with Gasteiger partial charge in [0.15, 0.2) is 0 Å². The monoisotopic (exact) mass is 282 g/mol. The van der Waals surface area contributed by atoms with Crippen LogP contribution in [-0.2, 0) is 4.79 Å². The van der Waals surface area contributed by atoms with Crippen LogP contribution in [-0.4, -0.2) is 67.6 Å². The van der Waals surface area contributed by atoms with E-state index in [0.717, 1.165) is 65.0 Å². The summed E-state index contributed by atoms with van der Waals surface area (Å²) in [7, 11) is 2.17. The molecule has 1 saturated carbocycles. The summed E-state index contributed by atoms with van der Waals surface area (Å²) in [5, 5.41) is 3.06. The number of hydrogen-bond donors (Lipinski definition) is 2. The minimum absolute atomic E-state index is 0.0558. The Morgan fingerprint density at radius 3 is 2.45 bits per heavy atom. The molecule has 2 rings (SSSR count). The zero-order valence-electron chi connectivity index (χ0n) is 13.0. The molecule has 1 saturated heterocycles. The predicted molar refractivity (Wildman–Crippen MR) is 81.5 cm³/mol. The number of rotatable bonds is 5. The Kier molecular flexibility index (Phi) is 5.41. The summed E-state index contributed by atoms with van der Waals surface area (Å²) in [5.41, 5.74) is 5.57. The second-order valence-corrected chi connectivity index (χ2v) is 6.78. The van der Waals surface area contributed by atoms with E-state index in [1.54, 1.807) is 0 Å². The van der Waals surface area contributed by atoms with Crippen molar-refractivity contribution < 1.29 is 4.79 Å². The Labute approximate surface area is 122 Å². The first-order valence-corrected chi connectivity index (χ1v) is 7.98. The molecule has 1 amide bonds. The average molecular weight is 282 g/mol. The first-order chi connectivity index (χ1) is 9.49. The summed E-state index contributed by atoms with van der Waals surface area (Å²) in [6.07, 6.45) is 3.85. The molecule has 0 spiro atoms. The number of nitrogens with two attached hydrogens (primary N) is 1. The quantitative estimate of drug-likeness (QED) is 0.759. The van der Waals surface area contributed by atoms with Crippen molar-refractivity contribution in [3.05, 3.63) is 0 Å². The molecule has 116 valence electrons. The largest absolute Gasteiger partial charge is 0.354 e. The number of nitrogens with one attached hydrogen (secondary N) is 1. The molecule has 5 heteroatoms. The van der Waals surface area contributed by atoms with Crippen molar-refractivity contribution >= 4 is 5.91 Å². The molecule has 2 fully saturated rings. The molecule has 1 unspecified atom stereocenters. The highest BCUT2D eigenvalue weighted by Crippen LogP contribution is 2.27. The van der Waals surface area contributed by atoms with Gasteiger partial charge < -0.3 is 20.9 Å². The number of piperazine rings is 1. The SMILES string of the molecule is CC(CNC(=O)C1(N)CCCC1)CN1CCN(C)CC1. The van der Waals surface area contributed by atoms with Crippen molar-refractivity contribution in [3.8, 4) is 0 Å². The van der Waals surface area contributed by atoms with Gasteiger partial charge in [-0.3, -0.25) is 4.79 Å². The molecule has 3 N–H and O–H groups in total. The van der Waals surface area contributed by atoms with Crippen LogP contribution in [0.15, 0.2) is 0 Å². The van der Waals surface area contributed by atoms with Crippen molar-refractivity contribution in [1.29, 1.82) is 0 Å². The van der Waals surface area contributed by atoms with Gasteiger partial charge in [-0.1, -0.05) is 19.8 Å². The fraction of sp³-hybridized carbons (Fsp3) is 0.933. The van der Waals surface area contributed by atoms with Gasteiger partial charge in [-0.25, -0.2) is 0 Å². The zero-order chi connectivity index (χ0) is 14.6. The molecule has 1 atom stereocenters. The van der Waals surface area contributed by atoms with Gasteiger partial charge in [-0.05, 0) is 25.8 Å². The van der Waals surface area contributed by atoms with Crippen molar-refractivity contribution in [2.45, 2.75) is 38.1 Å². The average Bonchev–Trinajstić information content (AvgIpc) is 2.87. The van der Waals surface area contributed by atoms with E-state index < -0.39 is 5.54 Å². The van der Waals surface area contributed by atoms with E-state index in [2.05, 4.69) is 29.1 Å². The van der Waals surface area contributed by atoms with Gasteiger partial charge in [0.25, 0.3) is 0 Å². The van der Waals surface area contributed by atoms with Gasteiger partial charge in [-0.15, -0.1) is 0 Å². The van der Waals surface area contributed by atoms with Crippen LogP contribution in [0.2, 0.25) is 0 Å². The van der Waals surface area contributed by atoms with Gasteiger partial charge in [0.2, 0.25) is 5.91 Å². The van der Waals surface area contributed by atoms with E-state index in [9.17, 15) is 4.79 Å². The van der Waals surface area contributed by atoms with Gasteiger partial charge in [0, 0.05) is 39.3 Å². The highest BCUT2D eigenvalue weighted by Gasteiger charge is 2.36. The topological polar surface area (TPSA) is 61.6 Å². The summed E-state index contributed by atoms with van der Waals surface area (Å²) in [6.45, 7) is 8.56. The van der Waals surface area contributed by atoms with Crippen molar-refractivity contribution in [3.63, 3.8) is 0 Å². The molecule has 0 aromatic heterocycles. The first kappa shape index (κ1) is 15.7. The molecule has 1 heterocycles. The Balaban J connectivity index is 1.67. The van der Waals surface area contributed by atoms with Crippen LogP contribution in [0.4, 0.5) is 0 Å². The van der Waals surface area contributed by atoms with E-state index >= 15 is 0 Å². The van der Waals surface area contributed by atoms with Crippen LogP contribution in [0, 0.1) is 5.92 Å². The van der Waals surface area contributed by atoms with Crippen LogP contribution in [0.5, 0.6) is 0 Å². The van der Waals surface area contributed by atoms with E-state index in [1.807, 2.05) is 0 Å². The summed E-state index contributed by atoms with van der Waals surface area (Å²) >= 11 is 0. The van der Waals surface area contributed by atoms with E-state index in [1.165, 1.54) is 0 Å². The maximum Gasteiger partial charge on any atom is 0.240 e. The summed E-state index contributed by atoms with van der Waals surface area (Å²) in [6, 6.07) is 0. The molecular formula is C15H30N4O. The number of hydrogen-bond acceptors (Lipinski definition) is 4. The highest BCUT2D eigenvalue weighted by atomic mass is 16.2. The molecule has 1 aliphatic carbocycles. The van der Waals surface area contributed by atoms with Gasteiger partial charge >= 0.3 is 0 Å². The Morgan fingerprint density at radius 2 is 1.85 bits per heavy atom. The third-order valence-corrected chi connectivity index (χ3v) is 4.72. The lowest BCUT2D eigenvalue weighted by Gasteiger charge is -2.34. The Bertz CT molecular complexity index is 320. The molecule has 0 aromatic carbocycles. The Morgan fingerprint density at radius 1 is 1.25 bits per heavy atom. The maximum absolute atomic E-state index is 12.2. The molecular weight excluding hydrogens is 252 g/mol. The minimum Gasteiger partial charge on any atom is -0.354 e. The predicted octanol–water partition coefficient (Wildman–Crippen LogP) is 0.258. The normalized spacial score (nSPS) is 25.6. The standard InChI is InChI=1S/C15H30N4O/c1-13(12-19-9-7-18(2)8-10-19)11-17-14(20)15(16)5-3-4-6-15/h13H,3-12,16H2,1-2H3,(H,17,20). The second kappa shape index (κ2) is 6.87. The van der Waals surface area contributed by atoms with E-state index in [4.69, 9.17) is 5.73 Å². The number of carbonyl (C=O) groups is 1. The summed E-state index contributed by atoms with van der Waals surface area (Å²) < 4.78 is 0. The van der Waals surface area contributed by atoms with Gasteiger partial charge in [0.1, 0.15) is 0 Å². The Hall–Kier alpha value is -0.650. The fourth-order valence-corrected chi connectivity index (χ4v) is 3.21. The number of nitrogens with zero attached hydrogens (tertiary/aromatic N) is 2. The number of likely N-dealkylation sites (N-methyl/N-ethyl adjacent to an activating group) is 1. The molecule has 0 aromatic rings. The maximum atomic E-state index is 12.2. The lowest BCUT2D eigenvalue weighted by molar-refractivity contribution is -0.126. The fourth-order valence-electron chi connectivity index (χ4n) is 3.21. The molecule has 0 radical (unpaired) electrons. The van der Waals surface area contributed by atoms with Gasteiger partial charge in [-0.2, -0.15) is 0 Å². The van der Waals surface area contributed by atoms with Crippen LogP contribution >= 0.6 is 0 Å². The molecule has 5 nitrogen and oxygen atoms in total. The summed E-state index contributed by atoms with van der Waals surface area (Å²) in [5.74, 6) is 0.535. The zero-order valence-corrected chi connectivity index (χ0v) is 13.0. The van der Waals surface area contributed by atoms with Crippen molar-refractivity contribution in [2.24, 2.45) is 11.7 Å². The second-order valence-electron chi connectivity index (χ2n) is 6.78. The summed E-state index contributed by atoms with van der Waals surface area (Å²) in [4.78, 5) is 17.0. The van der Waals surface area contributed by atoms with Crippen molar-refractivity contribution in [2.75, 3.05) is 46.3 Å². The lowest BCUT2D eigenvalue weighted by Crippen LogP contribution is -2.53. The third-order valence-electron chi connectivity index (χ3n) is 4.72. The minimum atomic E-state index is -0.590. The van der Waals surface area contributed by atoms with E-state index in [-0.39, 0.29) is 5.91 Å². The third kappa shape index (κ3) is 4.17. The van der Waals surface area contributed by atoms with Crippen LogP contribution < -0.4 is 11.1 Å².